The van der Waals surface area contributed by atoms with Crippen molar-refractivity contribution in [2.24, 2.45) is 29.1 Å². The standard InChI is InChI=1S/C17H23NO/c18-19-16(15-4-2-1-3-5-15)17-9-12-6-13(10-17)8-14(7-12)11-17/h1-5,12-14,16H,6-11,18H2. The van der Waals surface area contributed by atoms with Gasteiger partial charge in [0.15, 0.2) is 0 Å². The monoisotopic (exact) mass is 257 g/mol. The number of hydrogen-bond acceptors (Lipinski definition) is 2. The lowest BCUT2D eigenvalue weighted by atomic mass is 9.47. The maximum atomic E-state index is 5.73. The molecule has 5 rings (SSSR count). The van der Waals surface area contributed by atoms with Gasteiger partial charge in [0.2, 0.25) is 0 Å². The molecule has 0 saturated heterocycles. The molecule has 0 amide bonds. The molecule has 2 heteroatoms. The average molecular weight is 257 g/mol. The summed E-state index contributed by atoms with van der Waals surface area (Å²) in [6.45, 7) is 0. The molecule has 4 aliphatic carbocycles. The van der Waals surface area contributed by atoms with Crippen LogP contribution in [0.3, 0.4) is 0 Å². The Morgan fingerprint density at radius 3 is 1.95 bits per heavy atom. The zero-order chi connectivity index (χ0) is 12.9. The van der Waals surface area contributed by atoms with Gasteiger partial charge in [-0.25, -0.2) is 5.90 Å². The summed E-state index contributed by atoms with van der Waals surface area (Å²) in [6, 6.07) is 10.6. The molecule has 1 atom stereocenters. The van der Waals surface area contributed by atoms with Gasteiger partial charge in [-0.05, 0) is 61.8 Å². The Balaban J connectivity index is 1.70. The van der Waals surface area contributed by atoms with Crippen molar-refractivity contribution in [2.75, 3.05) is 0 Å². The first-order chi connectivity index (χ1) is 9.29. The van der Waals surface area contributed by atoms with Crippen LogP contribution in [0.4, 0.5) is 0 Å². The molecule has 4 saturated carbocycles. The molecule has 0 radical (unpaired) electrons. The van der Waals surface area contributed by atoms with Gasteiger partial charge in [-0.2, -0.15) is 0 Å². The van der Waals surface area contributed by atoms with Crippen LogP contribution in [0.5, 0.6) is 0 Å². The summed E-state index contributed by atoms with van der Waals surface area (Å²) in [5.41, 5.74) is 1.59. The van der Waals surface area contributed by atoms with E-state index < -0.39 is 0 Å². The minimum absolute atomic E-state index is 0.0992. The molecule has 0 aromatic heterocycles. The van der Waals surface area contributed by atoms with E-state index in [-0.39, 0.29) is 6.10 Å². The van der Waals surface area contributed by atoms with Gasteiger partial charge in [-0.3, -0.25) is 4.84 Å². The molecular formula is C17H23NO. The lowest BCUT2D eigenvalue weighted by Crippen LogP contribution is -2.49. The second-order valence-corrected chi connectivity index (χ2v) is 7.21. The maximum Gasteiger partial charge on any atom is 0.109 e. The third kappa shape index (κ3) is 1.85. The van der Waals surface area contributed by atoms with E-state index in [1.807, 2.05) is 0 Å². The highest BCUT2D eigenvalue weighted by molar-refractivity contribution is 5.22. The number of benzene rings is 1. The average Bonchev–Trinajstić information content (AvgIpc) is 2.38. The molecule has 19 heavy (non-hydrogen) atoms. The first kappa shape index (κ1) is 11.9. The van der Waals surface area contributed by atoms with Gasteiger partial charge in [0.05, 0.1) is 0 Å². The summed E-state index contributed by atoms with van der Waals surface area (Å²) >= 11 is 0. The summed E-state index contributed by atoms with van der Waals surface area (Å²) < 4.78 is 0. The van der Waals surface area contributed by atoms with Crippen LogP contribution in [-0.4, -0.2) is 0 Å². The normalized spacial score (nSPS) is 41.4. The first-order valence-electron chi connectivity index (χ1n) is 7.69. The molecule has 2 N–H and O–H groups in total. The maximum absolute atomic E-state index is 5.73. The van der Waals surface area contributed by atoms with E-state index in [2.05, 4.69) is 30.3 Å². The van der Waals surface area contributed by atoms with Crippen molar-refractivity contribution in [3.05, 3.63) is 35.9 Å². The van der Waals surface area contributed by atoms with Gasteiger partial charge in [-0.15, -0.1) is 0 Å². The van der Waals surface area contributed by atoms with E-state index in [1.165, 1.54) is 44.1 Å². The number of rotatable bonds is 3. The number of nitrogens with two attached hydrogens (primary N) is 1. The van der Waals surface area contributed by atoms with Gasteiger partial charge >= 0.3 is 0 Å². The van der Waals surface area contributed by atoms with Crippen LogP contribution in [-0.2, 0) is 4.84 Å². The van der Waals surface area contributed by atoms with Crippen LogP contribution in [0.1, 0.15) is 50.2 Å². The van der Waals surface area contributed by atoms with Crippen molar-refractivity contribution in [3.8, 4) is 0 Å². The van der Waals surface area contributed by atoms with Crippen molar-refractivity contribution in [2.45, 2.75) is 44.6 Å². The zero-order valence-electron chi connectivity index (χ0n) is 11.4. The summed E-state index contributed by atoms with van der Waals surface area (Å²) in [5, 5.41) is 0. The second-order valence-electron chi connectivity index (χ2n) is 7.21. The van der Waals surface area contributed by atoms with Crippen molar-refractivity contribution < 1.29 is 4.84 Å². The van der Waals surface area contributed by atoms with Crippen molar-refractivity contribution in [1.29, 1.82) is 0 Å². The molecule has 4 aliphatic rings. The third-order valence-electron chi connectivity index (χ3n) is 5.88. The Labute approximate surface area is 115 Å². The lowest BCUT2D eigenvalue weighted by Gasteiger charge is -2.58. The quantitative estimate of drug-likeness (QED) is 0.835. The highest BCUT2D eigenvalue weighted by atomic mass is 16.6. The second kappa shape index (κ2) is 4.32. The molecule has 1 aromatic carbocycles. The molecule has 102 valence electrons. The molecule has 4 fully saturated rings. The smallest absolute Gasteiger partial charge is 0.109 e. The fourth-order valence-corrected chi connectivity index (χ4v) is 5.70. The Bertz CT molecular complexity index is 420. The molecule has 1 unspecified atom stereocenters. The molecule has 1 aromatic rings. The Hall–Kier alpha value is -0.860. The predicted octanol–water partition coefficient (Wildman–Crippen LogP) is 3.83. The van der Waals surface area contributed by atoms with E-state index >= 15 is 0 Å². The van der Waals surface area contributed by atoms with E-state index in [1.54, 1.807) is 0 Å². The van der Waals surface area contributed by atoms with Crippen LogP contribution >= 0.6 is 0 Å². The lowest BCUT2D eigenvalue weighted by molar-refractivity contribution is -0.146. The van der Waals surface area contributed by atoms with Crippen LogP contribution < -0.4 is 5.90 Å². The highest BCUT2D eigenvalue weighted by Crippen LogP contribution is 2.64. The fourth-order valence-electron chi connectivity index (χ4n) is 5.70. The summed E-state index contributed by atoms with van der Waals surface area (Å²) in [7, 11) is 0. The number of hydrogen-bond donors (Lipinski definition) is 1. The van der Waals surface area contributed by atoms with Crippen LogP contribution in [0.2, 0.25) is 0 Å². The summed E-state index contributed by atoms with van der Waals surface area (Å²) in [4.78, 5) is 5.52. The van der Waals surface area contributed by atoms with E-state index in [0.717, 1.165) is 17.8 Å². The molecule has 2 nitrogen and oxygen atoms in total. The third-order valence-corrected chi connectivity index (χ3v) is 5.88. The Kier molecular flexibility index (Phi) is 2.71. The Morgan fingerprint density at radius 1 is 0.947 bits per heavy atom. The van der Waals surface area contributed by atoms with Gasteiger partial charge in [0.25, 0.3) is 0 Å². The van der Waals surface area contributed by atoms with E-state index in [4.69, 9.17) is 10.7 Å². The van der Waals surface area contributed by atoms with Crippen molar-refractivity contribution >= 4 is 0 Å². The van der Waals surface area contributed by atoms with E-state index in [9.17, 15) is 0 Å². The fraction of sp³-hybridized carbons (Fsp3) is 0.647. The van der Waals surface area contributed by atoms with Crippen LogP contribution in [0.15, 0.2) is 30.3 Å². The molecule has 0 spiro atoms. The molecule has 4 bridgehead atoms. The van der Waals surface area contributed by atoms with Crippen LogP contribution in [0.25, 0.3) is 0 Å². The van der Waals surface area contributed by atoms with Gasteiger partial charge in [0.1, 0.15) is 6.10 Å². The summed E-state index contributed by atoms with van der Waals surface area (Å²) in [6.07, 6.45) is 8.48. The highest BCUT2D eigenvalue weighted by Gasteiger charge is 2.55. The van der Waals surface area contributed by atoms with E-state index in [0.29, 0.717) is 5.41 Å². The van der Waals surface area contributed by atoms with Crippen molar-refractivity contribution in [3.63, 3.8) is 0 Å². The van der Waals surface area contributed by atoms with Gasteiger partial charge in [-0.1, -0.05) is 30.3 Å². The van der Waals surface area contributed by atoms with Crippen LogP contribution in [0, 0.1) is 23.2 Å². The predicted molar refractivity (Wildman–Crippen MR) is 75.1 cm³/mol. The Morgan fingerprint density at radius 2 is 1.47 bits per heavy atom. The largest absolute Gasteiger partial charge is 0.296 e. The molecule has 0 heterocycles. The van der Waals surface area contributed by atoms with Crippen molar-refractivity contribution in [1.82, 2.24) is 0 Å². The minimum Gasteiger partial charge on any atom is -0.296 e. The summed E-state index contributed by atoms with van der Waals surface area (Å²) in [5.74, 6) is 8.54. The SMILES string of the molecule is NOC(c1ccccc1)C12CC3CC(CC(C3)C1)C2. The first-order valence-corrected chi connectivity index (χ1v) is 7.69. The zero-order valence-corrected chi connectivity index (χ0v) is 11.4. The van der Waals surface area contributed by atoms with Gasteiger partial charge in [0, 0.05) is 5.41 Å². The molecular weight excluding hydrogens is 234 g/mol. The topological polar surface area (TPSA) is 35.2 Å². The minimum atomic E-state index is 0.0992. The van der Waals surface area contributed by atoms with Gasteiger partial charge < -0.3 is 0 Å². The molecule has 0 aliphatic heterocycles.